The summed E-state index contributed by atoms with van der Waals surface area (Å²) in [6, 6.07) is 8.53. The van der Waals surface area contributed by atoms with Gasteiger partial charge in [0.1, 0.15) is 5.75 Å². The number of ether oxygens (including phenoxy) is 2. The number of nitrogens with zero attached hydrogens (tertiary/aromatic N) is 1. The van der Waals surface area contributed by atoms with Gasteiger partial charge in [0.25, 0.3) is 0 Å². The summed E-state index contributed by atoms with van der Waals surface area (Å²) in [6.07, 6.45) is 2.02. The van der Waals surface area contributed by atoms with E-state index in [2.05, 4.69) is 17.0 Å². The van der Waals surface area contributed by atoms with Gasteiger partial charge in [-0.1, -0.05) is 12.1 Å². The number of hydrogen-bond acceptors (Lipinski definition) is 4. The third-order valence-electron chi connectivity index (χ3n) is 4.02. The van der Waals surface area contributed by atoms with Gasteiger partial charge in [-0.2, -0.15) is 0 Å². The van der Waals surface area contributed by atoms with E-state index >= 15 is 0 Å². The fourth-order valence-corrected chi connectivity index (χ4v) is 2.87. The van der Waals surface area contributed by atoms with Crippen LogP contribution in [-0.4, -0.2) is 39.0 Å². The molecule has 4 heteroatoms. The number of hydrogen-bond donors (Lipinski definition) is 1. The Hall–Kier alpha value is -1.26. The molecule has 1 aromatic carbocycles. The smallest absolute Gasteiger partial charge is 0.142 e. The average molecular weight is 262 g/mol. The summed E-state index contributed by atoms with van der Waals surface area (Å²) in [5, 5.41) is 0. The van der Waals surface area contributed by atoms with Crippen molar-refractivity contribution < 1.29 is 9.47 Å². The van der Waals surface area contributed by atoms with Crippen LogP contribution in [0.2, 0.25) is 0 Å². The number of benzene rings is 1. The third-order valence-corrected chi connectivity index (χ3v) is 4.02. The molecule has 1 fully saturated rings. The van der Waals surface area contributed by atoms with Gasteiger partial charge in [-0.15, -0.1) is 0 Å². The Morgan fingerprint density at radius 3 is 3.05 bits per heavy atom. The van der Waals surface area contributed by atoms with Gasteiger partial charge < -0.3 is 20.1 Å². The molecule has 2 aliphatic heterocycles. The molecule has 0 saturated carbocycles. The summed E-state index contributed by atoms with van der Waals surface area (Å²) in [6.45, 7) is 4.36. The molecule has 3 rings (SSSR count). The van der Waals surface area contributed by atoms with E-state index in [0.717, 1.165) is 51.5 Å². The zero-order chi connectivity index (χ0) is 13.1. The molecular formula is C15H22N2O2. The Kier molecular flexibility index (Phi) is 3.89. The van der Waals surface area contributed by atoms with E-state index in [1.807, 2.05) is 12.1 Å². The van der Waals surface area contributed by atoms with E-state index < -0.39 is 0 Å². The number of nitrogens with two attached hydrogens (primary N) is 1. The zero-order valence-corrected chi connectivity index (χ0v) is 11.3. The van der Waals surface area contributed by atoms with Gasteiger partial charge in [-0.05, 0) is 25.0 Å². The largest absolute Gasteiger partial charge is 0.491 e. The van der Waals surface area contributed by atoms with Gasteiger partial charge >= 0.3 is 0 Å². The molecule has 1 saturated heterocycles. The molecule has 2 atom stereocenters. The summed E-state index contributed by atoms with van der Waals surface area (Å²) in [7, 11) is 0. The molecule has 4 nitrogen and oxygen atoms in total. The highest BCUT2D eigenvalue weighted by molar-refractivity contribution is 5.59. The Bertz CT molecular complexity index is 424. The van der Waals surface area contributed by atoms with E-state index in [9.17, 15) is 0 Å². The van der Waals surface area contributed by atoms with Crippen LogP contribution < -0.4 is 15.4 Å². The molecule has 0 amide bonds. The monoisotopic (exact) mass is 262 g/mol. The zero-order valence-electron chi connectivity index (χ0n) is 11.3. The number of fused-ring (bicyclic) bond motifs is 1. The van der Waals surface area contributed by atoms with Crippen molar-refractivity contribution in [1.82, 2.24) is 0 Å². The lowest BCUT2D eigenvalue weighted by Gasteiger charge is -2.34. The maximum atomic E-state index is 6.22. The number of rotatable bonds is 2. The predicted molar refractivity (Wildman–Crippen MR) is 75.7 cm³/mol. The Morgan fingerprint density at radius 1 is 1.26 bits per heavy atom. The van der Waals surface area contributed by atoms with Gasteiger partial charge in [0, 0.05) is 31.7 Å². The van der Waals surface area contributed by atoms with Gasteiger partial charge in [0.2, 0.25) is 0 Å². The minimum absolute atomic E-state index is 0.255. The van der Waals surface area contributed by atoms with Crippen molar-refractivity contribution >= 4 is 5.69 Å². The second-order valence-electron chi connectivity index (χ2n) is 5.40. The van der Waals surface area contributed by atoms with E-state index in [0.29, 0.717) is 5.92 Å². The molecule has 0 bridgehead atoms. The lowest BCUT2D eigenvalue weighted by molar-refractivity contribution is 0.0446. The van der Waals surface area contributed by atoms with Crippen molar-refractivity contribution in [3.8, 4) is 5.75 Å². The highest BCUT2D eigenvalue weighted by atomic mass is 16.5. The second kappa shape index (κ2) is 5.80. The Labute approximate surface area is 114 Å². The first-order valence-corrected chi connectivity index (χ1v) is 7.14. The molecule has 19 heavy (non-hydrogen) atoms. The maximum absolute atomic E-state index is 6.22. The summed E-state index contributed by atoms with van der Waals surface area (Å²) in [4.78, 5) is 2.40. The lowest BCUT2D eigenvalue weighted by atomic mass is 9.96. The predicted octanol–water partition coefficient (Wildman–Crippen LogP) is 1.64. The molecule has 2 heterocycles. The maximum Gasteiger partial charge on any atom is 0.142 e. The topological polar surface area (TPSA) is 47.7 Å². The minimum atomic E-state index is 0.255. The van der Waals surface area contributed by atoms with Crippen LogP contribution in [0.1, 0.15) is 12.8 Å². The van der Waals surface area contributed by atoms with Crippen LogP contribution in [0.25, 0.3) is 0 Å². The van der Waals surface area contributed by atoms with Crippen molar-refractivity contribution in [2.75, 3.05) is 37.8 Å². The van der Waals surface area contributed by atoms with Crippen LogP contribution in [0.3, 0.4) is 0 Å². The van der Waals surface area contributed by atoms with Crippen molar-refractivity contribution in [2.24, 2.45) is 11.7 Å². The van der Waals surface area contributed by atoms with Crippen LogP contribution in [0.5, 0.6) is 5.75 Å². The Balaban J connectivity index is 1.76. The van der Waals surface area contributed by atoms with Crippen molar-refractivity contribution in [3.05, 3.63) is 24.3 Å². The first kappa shape index (κ1) is 12.8. The van der Waals surface area contributed by atoms with Gasteiger partial charge in [-0.25, -0.2) is 0 Å². The van der Waals surface area contributed by atoms with Crippen LogP contribution in [-0.2, 0) is 4.74 Å². The normalized spacial score (nSPS) is 27.3. The summed E-state index contributed by atoms with van der Waals surface area (Å²) < 4.78 is 11.4. The quantitative estimate of drug-likeness (QED) is 0.880. The van der Waals surface area contributed by atoms with Crippen molar-refractivity contribution in [3.63, 3.8) is 0 Å². The van der Waals surface area contributed by atoms with Gasteiger partial charge in [0.05, 0.1) is 18.9 Å². The van der Waals surface area contributed by atoms with E-state index in [1.54, 1.807) is 0 Å². The molecule has 2 unspecified atom stereocenters. The van der Waals surface area contributed by atoms with E-state index in [4.69, 9.17) is 15.2 Å². The molecular weight excluding hydrogens is 240 g/mol. The first-order valence-electron chi connectivity index (χ1n) is 7.14. The van der Waals surface area contributed by atoms with Crippen LogP contribution >= 0.6 is 0 Å². The van der Waals surface area contributed by atoms with E-state index in [-0.39, 0.29) is 6.04 Å². The summed E-state index contributed by atoms with van der Waals surface area (Å²) >= 11 is 0. The average Bonchev–Trinajstić information content (AvgIpc) is 2.64. The molecule has 104 valence electrons. The summed E-state index contributed by atoms with van der Waals surface area (Å²) in [5.41, 5.74) is 7.41. The molecule has 0 aliphatic carbocycles. The van der Waals surface area contributed by atoms with Crippen molar-refractivity contribution in [2.45, 2.75) is 18.9 Å². The van der Waals surface area contributed by atoms with Gasteiger partial charge in [-0.3, -0.25) is 0 Å². The molecule has 0 radical (unpaired) electrons. The highest BCUT2D eigenvalue weighted by Crippen LogP contribution is 2.31. The fourth-order valence-electron chi connectivity index (χ4n) is 2.87. The highest BCUT2D eigenvalue weighted by Gasteiger charge is 2.26. The fraction of sp³-hybridized carbons (Fsp3) is 0.600. The second-order valence-corrected chi connectivity index (χ2v) is 5.40. The van der Waals surface area contributed by atoms with E-state index in [1.165, 1.54) is 5.69 Å². The first-order chi connectivity index (χ1) is 9.34. The molecule has 0 aromatic heterocycles. The number of para-hydroxylation sites is 2. The third kappa shape index (κ3) is 2.85. The van der Waals surface area contributed by atoms with Crippen LogP contribution in [0.15, 0.2) is 24.3 Å². The molecule has 2 aliphatic rings. The minimum Gasteiger partial charge on any atom is -0.491 e. The molecule has 0 spiro atoms. The van der Waals surface area contributed by atoms with Gasteiger partial charge in [0.15, 0.2) is 0 Å². The van der Waals surface area contributed by atoms with Crippen molar-refractivity contribution in [1.29, 1.82) is 0 Å². The molecule has 1 aromatic rings. The standard InChI is InChI=1S/C15H22N2O2/c16-13-6-9-18-11-12(13)10-17-7-3-8-19-15-5-2-1-4-14(15)17/h1-2,4-5,12-13H,3,6-11,16H2. The Morgan fingerprint density at radius 2 is 2.16 bits per heavy atom. The molecule has 2 N–H and O–H groups in total. The summed E-state index contributed by atoms with van der Waals surface area (Å²) in [5.74, 6) is 1.41. The SMILES string of the molecule is NC1CCOCC1CN1CCCOc2ccccc21. The number of anilines is 1. The van der Waals surface area contributed by atoms with Crippen LogP contribution in [0, 0.1) is 5.92 Å². The van der Waals surface area contributed by atoms with Crippen LogP contribution in [0.4, 0.5) is 5.69 Å². The lowest BCUT2D eigenvalue weighted by Crippen LogP contribution is -2.45.